The van der Waals surface area contributed by atoms with Gasteiger partial charge in [-0.15, -0.1) is 0 Å². The first-order valence-electron chi connectivity index (χ1n) is 11.9. The second-order valence-corrected chi connectivity index (χ2v) is 8.96. The van der Waals surface area contributed by atoms with E-state index in [0.717, 1.165) is 24.8 Å². The number of rotatable bonds is 14. The molecule has 8 nitrogen and oxygen atoms in total. The third kappa shape index (κ3) is 8.51. The van der Waals surface area contributed by atoms with Crippen molar-refractivity contribution in [3.8, 4) is 11.5 Å². The largest absolute Gasteiger partial charge is 0.504 e. The number of hydrogen-bond acceptors (Lipinski definition) is 7. The molecule has 1 aromatic carbocycles. The summed E-state index contributed by atoms with van der Waals surface area (Å²) < 4.78 is 10.8. The van der Waals surface area contributed by atoms with E-state index >= 15 is 0 Å². The molecule has 0 aliphatic carbocycles. The quantitative estimate of drug-likeness (QED) is 0.362. The van der Waals surface area contributed by atoms with E-state index in [1.54, 1.807) is 11.0 Å². The molecule has 3 atom stereocenters. The van der Waals surface area contributed by atoms with Gasteiger partial charge in [0.15, 0.2) is 11.5 Å². The van der Waals surface area contributed by atoms with Crippen molar-refractivity contribution in [3.05, 3.63) is 23.3 Å². The monoisotopic (exact) mass is 465 g/mol. The van der Waals surface area contributed by atoms with Gasteiger partial charge in [0, 0.05) is 45.0 Å². The van der Waals surface area contributed by atoms with Crippen LogP contribution in [0.4, 0.5) is 0 Å². The summed E-state index contributed by atoms with van der Waals surface area (Å²) in [5.74, 6) is 0.0607. The number of methoxy groups -OCH3 is 1. The number of phenolic OH excluding ortho intramolecular Hbond substituents is 1. The molecule has 0 radical (unpaired) electrons. The molecular formula is C25H39NO7. The van der Waals surface area contributed by atoms with Gasteiger partial charge in [-0.3, -0.25) is 9.59 Å². The van der Waals surface area contributed by atoms with Gasteiger partial charge in [0.1, 0.15) is 6.10 Å². The number of nitrogens with zero attached hydrogens (tertiary/aromatic N) is 1. The number of carbonyl (C=O) groups excluding carboxylic acids is 2. The highest BCUT2D eigenvalue weighted by Gasteiger charge is 2.24. The molecule has 1 aliphatic heterocycles. The number of esters is 1. The van der Waals surface area contributed by atoms with E-state index < -0.39 is 18.2 Å². The van der Waals surface area contributed by atoms with Gasteiger partial charge >= 0.3 is 5.97 Å². The van der Waals surface area contributed by atoms with Crippen LogP contribution in [-0.4, -0.2) is 64.6 Å². The number of aromatic hydroxyl groups is 1. The molecule has 8 heteroatoms. The van der Waals surface area contributed by atoms with E-state index in [0.29, 0.717) is 56.5 Å². The predicted molar refractivity (Wildman–Crippen MR) is 124 cm³/mol. The number of aliphatic hydroxyl groups is 2. The van der Waals surface area contributed by atoms with E-state index in [9.17, 15) is 24.9 Å². The number of phenols is 1. The predicted octanol–water partition coefficient (Wildman–Crippen LogP) is 2.94. The molecule has 1 fully saturated rings. The molecule has 186 valence electrons. The van der Waals surface area contributed by atoms with Crippen molar-refractivity contribution in [2.45, 2.75) is 84.0 Å². The van der Waals surface area contributed by atoms with Gasteiger partial charge in [-0.05, 0) is 49.7 Å². The molecule has 1 aromatic rings. The SMILES string of the molecule is CCCC(CO)CC(O)CC(CCc1cc(CN2CCCC2=O)c(O)c(OC)c1)OC(C)=O. The highest BCUT2D eigenvalue weighted by Crippen LogP contribution is 2.34. The van der Waals surface area contributed by atoms with Gasteiger partial charge in [0.25, 0.3) is 0 Å². The van der Waals surface area contributed by atoms with Crippen LogP contribution in [0.15, 0.2) is 12.1 Å². The topological polar surface area (TPSA) is 117 Å². The lowest BCUT2D eigenvalue weighted by Gasteiger charge is -2.23. The Morgan fingerprint density at radius 1 is 1.24 bits per heavy atom. The number of aryl methyl sites for hydroxylation is 1. The molecule has 1 aliphatic rings. The molecule has 0 aromatic heterocycles. The fourth-order valence-electron chi connectivity index (χ4n) is 4.49. The number of hydrogen-bond donors (Lipinski definition) is 3. The lowest BCUT2D eigenvalue weighted by molar-refractivity contribution is -0.148. The van der Waals surface area contributed by atoms with E-state index in [1.165, 1.54) is 14.0 Å². The highest BCUT2D eigenvalue weighted by atomic mass is 16.5. The summed E-state index contributed by atoms with van der Waals surface area (Å²) in [6.45, 7) is 4.40. The summed E-state index contributed by atoms with van der Waals surface area (Å²) in [5, 5.41) is 30.6. The van der Waals surface area contributed by atoms with Crippen LogP contribution in [0.2, 0.25) is 0 Å². The van der Waals surface area contributed by atoms with E-state index in [2.05, 4.69) is 0 Å². The second kappa shape index (κ2) is 13.4. The summed E-state index contributed by atoms with van der Waals surface area (Å²) >= 11 is 0. The zero-order valence-corrected chi connectivity index (χ0v) is 20.1. The molecule has 3 N–H and O–H groups in total. The molecule has 3 unspecified atom stereocenters. The van der Waals surface area contributed by atoms with Crippen LogP contribution in [0.5, 0.6) is 11.5 Å². The molecule has 33 heavy (non-hydrogen) atoms. The van der Waals surface area contributed by atoms with E-state index in [4.69, 9.17) is 9.47 Å². The fraction of sp³-hybridized carbons (Fsp3) is 0.680. The van der Waals surface area contributed by atoms with Crippen LogP contribution in [0, 0.1) is 5.92 Å². The Bertz CT molecular complexity index is 782. The van der Waals surface area contributed by atoms with Crippen LogP contribution < -0.4 is 4.74 Å². The van der Waals surface area contributed by atoms with E-state index in [-0.39, 0.29) is 24.2 Å². The van der Waals surface area contributed by atoms with Gasteiger partial charge in [-0.25, -0.2) is 0 Å². The first kappa shape index (κ1) is 26.9. The fourth-order valence-corrected chi connectivity index (χ4v) is 4.49. The maximum Gasteiger partial charge on any atom is 0.302 e. The molecule has 0 spiro atoms. The molecule has 2 rings (SSSR count). The Morgan fingerprint density at radius 3 is 2.58 bits per heavy atom. The van der Waals surface area contributed by atoms with Crippen molar-refractivity contribution in [2.24, 2.45) is 5.92 Å². The summed E-state index contributed by atoms with van der Waals surface area (Å²) in [6.07, 6.45) is 3.75. The number of carbonyl (C=O) groups is 2. The minimum Gasteiger partial charge on any atom is -0.504 e. The smallest absolute Gasteiger partial charge is 0.302 e. The van der Waals surface area contributed by atoms with Crippen LogP contribution in [0.3, 0.4) is 0 Å². The summed E-state index contributed by atoms with van der Waals surface area (Å²) in [7, 11) is 1.48. The van der Waals surface area contributed by atoms with Crippen molar-refractivity contribution in [1.29, 1.82) is 0 Å². The van der Waals surface area contributed by atoms with Crippen molar-refractivity contribution in [2.75, 3.05) is 20.3 Å². The third-order valence-electron chi connectivity index (χ3n) is 6.15. The normalized spacial score (nSPS) is 16.5. The lowest BCUT2D eigenvalue weighted by Crippen LogP contribution is -2.26. The van der Waals surface area contributed by atoms with Crippen molar-refractivity contribution in [3.63, 3.8) is 0 Å². The van der Waals surface area contributed by atoms with E-state index in [1.807, 2.05) is 13.0 Å². The summed E-state index contributed by atoms with van der Waals surface area (Å²) in [4.78, 5) is 25.4. The Kier molecular flexibility index (Phi) is 10.9. The minimum atomic E-state index is -0.677. The first-order valence-corrected chi connectivity index (χ1v) is 11.9. The molecule has 1 amide bonds. The van der Waals surface area contributed by atoms with Gasteiger partial charge < -0.3 is 29.7 Å². The second-order valence-electron chi connectivity index (χ2n) is 8.96. The Morgan fingerprint density at radius 2 is 2.00 bits per heavy atom. The average Bonchev–Trinajstić information content (AvgIpc) is 3.17. The van der Waals surface area contributed by atoms with Gasteiger partial charge in [0.05, 0.1) is 13.2 Å². The average molecular weight is 466 g/mol. The zero-order valence-electron chi connectivity index (χ0n) is 20.1. The molecule has 1 heterocycles. The zero-order chi connectivity index (χ0) is 24.4. The summed E-state index contributed by atoms with van der Waals surface area (Å²) in [5.41, 5.74) is 1.51. The standard InChI is InChI=1S/C25H39NO7/c1-4-6-19(16-27)12-21(29)14-22(33-17(2)28)9-8-18-11-20(25(31)23(13-18)32-3)15-26-10-5-7-24(26)30/h11,13,19,21-22,27,29,31H,4-10,12,14-16H2,1-3H3. The van der Waals surface area contributed by atoms with Crippen LogP contribution in [0.1, 0.15) is 69.9 Å². The Labute approximate surface area is 196 Å². The van der Waals surface area contributed by atoms with Gasteiger partial charge in [-0.1, -0.05) is 19.4 Å². The number of amides is 1. The van der Waals surface area contributed by atoms with Crippen molar-refractivity contribution in [1.82, 2.24) is 4.90 Å². The number of ether oxygens (including phenoxy) is 2. The van der Waals surface area contributed by atoms with Gasteiger partial charge in [-0.2, -0.15) is 0 Å². The lowest BCUT2D eigenvalue weighted by atomic mass is 9.93. The number of aliphatic hydroxyl groups excluding tert-OH is 2. The maximum atomic E-state index is 12.0. The minimum absolute atomic E-state index is 0.0265. The van der Waals surface area contributed by atoms with Gasteiger partial charge in [0.2, 0.25) is 5.91 Å². The number of likely N-dealkylation sites (tertiary alicyclic amines) is 1. The van der Waals surface area contributed by atoms with Crippen LogP contribution in [0.25, 0.3) is 0 Å². The first-order chi connectivity index (χ1) is 15.8. The van der Waals surface area contributed by atoms with Crippen LogP contribution >= 0.6 is 0 Å². The number of benzene rings is 1. The molecular weight excluding hydrogens is 426 g/mol. The maximum absolute atomic E-state index is 12.0. The Hall–Kier alpha value is -2.32. The molecule has 1 saturated heterocycles. The summed E-state index contributed by atoms with van der Waals surface area (Å²) in [6, 6.07) is 3.60. The van der Waals surface area contributed by atoms with Crippen molar-refractivity contribution < 1.29 is 34.4 Å². The van der Waals surface area contributed by atoms with Crippen LogP contribution in [-0.2, 0) is 27.3 Å². The van der Waals surface area contributed by atoms with Crippen molar-refractivity contribution >= 4 is 11.9 Å². The highest BCUT2D eigenvalue weighted by molar-refractivity contribution is 5.78. The molecule has 0 saturated carbocycles. The molecule has 0 bridgehead atoms. The Balaban J connectivity index is 2.08. The third-order valence-corrected chi connectivity index (χ3v) is 6.15.